The number of nitrogens with one attached hydrogen (secondary N) is 1. The molecule has 2 aromatic rings. The van der Waals surface area contributed by atoms with Gasteiger partial charge < -0.3 is 19.2 Å². The highest BCUT2D eigenvalue weighted by atomic mass is 16.3. The van der Waals surface area contributed by atoms with Gasteiger partial charge in [0, 0.05) is 27.2 Å². The number of aromatic nitrogens is 3. The number of amides is 2. The summed E-state index contributed by atoms with van der Waals surface area (Å²) in [6.45, 7) is 5.69. The highest BCUT2D eigenvalue weighted by molar-refractivity contribution is 5.73. The van der Waals surface area contributed by atoms with Crippen LogP contribution < -0.4 is 5.32 Å². The van der Waals surface area contributed by atoms with Crippen LogP contribution in [0.4, 0.5) is 4.79 Å². The lowest BCUT2D eigenvalue weighted by Crippen LogP contribution is -2.34. The van der Waals surface area contributed by atoms with Gasteiger partial charge in [-0.25, -0.2) is 4.79 Å². The number of hydrogen-bond acceptors (Lipinski definition) is 5. The summed E-state index contributed by atoms with van der Waals surface area (Å²) < 4.78 is 7.79. The molecule has 8 heteroatoms. The third kappa shape index (κ3) is 3.76. The SMILES string of the molecule is Cc1ccc(CN2CCCn3c(CNC(=O)N(C)C)nnc3C2)o1. The summed E-state index contributed by atoms with van der Waals surface area (Å²) in [6, 6.07) is 3.88. The second kappa shape index (κ2) is 7.04. The molecule has 0 aliphatic carbocycles. The van der Waals surface area contributed by atoms with Gasteiger partial charge in [0.1, 0.15) is 17.3 Å². The molecule has 3 rings (SSSR count). The van der Waals surface area contributed by atoms with Crippen LogP contribution >= 0.6 is 0 Å². The van der Waals surface area contributed by atoms with Crippen molar-refractivity contribution in [3.63, 3.8) is 0 Å². The highest BCUT2D eigenvalue weighted by Crippen LogP contribution is 2.16. The minimum atomic E-state index is -0.129. The summed E-state index contributed by atoms with van der Waals surface area (Å²) in [5.74, 6) is 3.64. The van der Waals surface area contributed by atoms with Gasteiger partial charge in [-0.1, -0.05) is 0 Å². The van der Waals surface area contributed by atoms with Crippen LogP contribution in [0.5, 0.6) is 0 Å². The van der Waals surface area contributed by atoms with Crippen LogP contribution in [-0.2, 0) is 26.2 Å². The third-order valence-corrected chi connectivity index (χ3v) is 4.10. The maximum atomic E-state index is 11.7. The maximum absolute atomic E-state index is 11.7. The summed E-state index contributed by atoms with van der Waals surface area (Å²) >= 11 is 0. The number of carbonyl (C=O) groups excluding carboxylic acids is 1. The van der Waals surface area contributed by atoms with E-state index in [2.05, 4.69) is 25.0 Å². The normalized spacial score (nSPS) is 15.0. The van der Waals surface area contributed by atoms with Gasteiger partial charge in [-0.3, -0.25) is 4.90 Å². The van der Waals surface area contributed by atoms with Gasteiger partial charge in [0.25, 0.3) is 0 Å². The van der Waals surface area contributed by atoms with E-state index in [1.807, 2.05) is 19.1 Å². The van der Waals surface area contributed by atoms with Gasteiger partial charge in [-0.05, 0) is 25.5 Å². The fourth-order valence-corrected chi connectivity index (χ4v) is 2.85. The topological polar surface area (TPSA) is 79.4 Å². The van der Waals surface area contributed by atoms with E-state index < -0.39 is 0 Å². The molecule has 1 aliphatic rings. The molecule has 2 aromatic heterocycles. The van der Waals surface area contributed by atoms with Crippen molar-refractivity contribution in [1.82, 2.24) is 29.9 Å². The smallest absolute Gasteiger partial charge is 0.317 e. The van der Waals surface area contributed by atoms with E-state index in [9.17, 15) is 4.79 Å². The largest absolute Gasteiger partial charge is 0.465 e. The Kier molecular flexibility index (Phi) is 4.84. The average Bonchev–Trinajstić information content (AvgIpc) is 3.05. The average molecular weight is 332 g/mol. The minimum Gasteiger partial charge on any atom is -0.465 e. The lowest BCUT2D eigenvalue weighted by Gasteiger charge is -2.17. The number of aryl methyl sites for hydroxylation is 1. The highest BCUT2D eigenvalue weighted by Gasteiger charge is 2.20. The Morgan fingerprint density at radius 1 is 1.33 bits per heavy atom. The maximum Gasteiger partial charge on any atom is 0.317 e. The van der Waals surface area contributed by atoms with Crippen molar-refractivity contribution in [2.24, 2.45) is 0 Å². The third-order valence-electron chi connectivity index (χ3n) is 4.10. The van der Waals surface area contributed by atoms with E-state index in [0.29, 0.717) is 6.54 Å². The van der Waals surface area contributed by atoms with Crippen molar-refractivity contribution in [3.8, 4) is 0 Å². The zero-order valence-corrected chi connectivity index (χ0v) is 14.4. The summed E-state index contributed by atoms with van der Waals surface area (Å²) in [7, 11) is 3.43. The second-order valence-corrected chi connectivity index (χ2v) is 6.31. The first kappa shape index (κ1) is 16.5. The summed E-state index contributed by atoms with van der Waals surface area (Å²) in [5, 5.41) is 11.4. The summed E-state index contributed by atoms with van der Waals surface area (Å²) in [4.78, 5) is 15.5. The van der Waals surface area contributed by atoms with Crippen molar-refractivity contribution in [2.45, 2.75) is 39.5 Å². The van der Waals surface area contributed by atoms with Crippen LogP contribution in [0.25, 0.3) is 0 Å². The predicted molar refractivity (Wildman–Crippen MR) is 88.1 cm³/mol. The summed E-state index contributed by atoms with van der Waals surface area (Å²) in [6.07, 6.45) is 1.01. The second-order valence-electron chi connectivity index (χ2n) is 6.31. The van der Waals surface area contributed by atoms with Gasteiger partial charge in [-0.2, -0.15) is 0 Å². The van der Waals surface area contributed by atoms with Crippen LogP contribution in [0.15, 0.2) is 16.5 Å². The standard InChI is InChI=1S/C16H24N6O2/c1-12-5-6-13(24-12)10-21-7-4-8-22-14(18-19-15(22)11-21)9-17-16(23)20(2)3/h5-6H,4,7-11H2,1-3H3,(H,17,23). The predicted octanol–water partition coefficient (Wildman–Crippen LogP) is 1.36. The first-order valence-electron chi connectivity index (χ1n) is 8.16. The number of carbonyl (C=O) groups is 1. The summed E-state index contributed by atoms with van der Waals surface area (Å²) in [5.41, 5.74) is 0. The molecule has 1 aliphatic heterocycles. The Morgan fingerprint density at radius 2 is 2.17 bits per heavy atom. The number of rotatable bonds is 4. The van der Waals surface area contributed by atoms with Gasteiger partial charge in [0.2, 0.25) is 0 Å². The van der Waals surface area contributed by atoms with Gasteiger partial charge in [-0.15, -0.1) is 10.2 Å². The van der Waals surface area contributed by atoms with E-state index in [4.69, 9.17) is 4.42 Å². The lowest BCUT2D eigenvalue weighted by molar-refractivity contribution is 0.216. The molecule has 0 bridgehead atoms. The van der Waals surface area contributed by atoms with Crippen LogP contribution in [-0.4, -0.2) is 51.2 Å². The number of hydrogen-bond donors (Lipinski definition) is 1. The van der Waals surface area contributed by atoms with E-state index >= 15 is 0 Å². The Hall–Kier alpha value is -2.35. The van der Waals surface area contributed by atoms with Gasteiger partial charge >= 0.3 is 6.03 Å². The molecule has 0 unspecified atom stereocenters. The van der Waals surface area contributed by atoms with Crippen molar-refractivity contribution in [1.29, 1.82) is 0 Å². The monoisotopic (exact) mass is 332 g/mol. The molecular formula is C16H24N6O2. The number of furan rings is 1. The van der Waals surface area contributed by atoms with Crippen LogP contribution in [0.1, 0.15) is 29.6 Å². The molecule has 130 valence electrons. The lowest BCUT2D eigenvalue weighted by atomic mass is 10.3. The fraction of sp³-hybridized carbons (Fsp3) is 0.562. The van der Waals surface area contributed by atoms with Crippen molar-refractivity contribution >= 4 is 6.03 Å². The van der Waals surface area contributed by atoms with E-state index in [1.165, 1.54) is 4.90 Å². The first-order chi connectivity index (χ1) is 11.5. The van der Waals surface area contributed by atoms with Crippen molar-refractivity contribution < 1.29 is 9.21 Å². The molecule has 0 aromatic carbocycles. The number of urea groups is 1. The van der Waals surface area contributed by atoms with Crippen molar-refractivity contribution in [3.05, 3.63) is 35.3 Å². The number of fused-ring (bicyclic) bond motifs is 1. The van der Waals surface area contributed by atoms with Crippen LogP contribution in [0, 0.1) is 6.92 Å². The van der Waals surface area contributed by atoms with E-state index in [-0.39, 0.29) is 6.03 Å². The zero-order chi connectivity index (χ0) is 17.1. The molecule has 8 nitrogen and oxygen atoms in total. The zero-order valence-electron chi connectivity index (χ0n) is 14.4. The Balaban J connectivity index is 1.65. The molecule has 0 spiro atoms. The fourth-order valence-electron chi connectivity index (χ4n) is 2.85. The molecule has 0 radical (unpaired) electrons. The molecular weight excluding hydrogens is 308 g/mol. The molecule has 3 heterocycles. The van der Waals surface area contributed by atoms with Crippen molar-refractivity contribution in [2.75, 3.05) is 20.6 Å². The molecule has 0 fully saturated rings. The quantitative estimate of drug-likeness (QED) is 0.914. The molecule has 24 heavy (non-hydrogen) atoms. The van der Waals surface area contributed by atoms with E-state index in [1.54, 1.807) is 14.1 Å². The number of nitrogens with zero attached hydrogens (tertiary/aromatic N) is 5. The van der Waals surface area contributed by atoms with Gasteiger partial charge in [0.05, 0.1) is 19.6 Å². The van der Waals surface area contributed by atoms with E-state index in [0.717, 1.165) is 55.8 Å². The van der Waals surface area contributed by atoms with Gasteiger partial charge in [0.15, 0.2) is 5.82 Å². The molecule has 1 N–H and O–H groups in total. The van der Waals surface area contributed by atoms with Crippen LogP contribution in [0.2, 0.25) is 0 Å². The Morgan fingerprint density at radius 3 is 2.88 bits per heavy atom. The van der Waals surface area contributed by atoms with Crippen LogP contribution in [0.3, 0.4) is 0 Å². The molecule has 0 saturated heterocycles. The molecule has 0 atom stereocenters. The molecule has 2 amide bonds. The Bertz CT molecular complexity index is 705. The Labute approximate surface area is 141 Å². The minimum absolute atomic E-state index is 0.129. The first-order valence-corrected chi connectivity index (χ1v) is 8.16. The molecule has 0 saturated carbocycles.